The highest BCUT2D eigenvalue weighted by molar-refractivity contribution is 6.76. The summed E-state index contributed by atoms with van der Waals surface area (Å²) in [6, 6.07) is 14.9. The van der Waals surface area contributed by atoms with E-state index in [0.717, 1.165) is 28.3 Å². The minimum atomic E-state index is -1.29. The number of aliphatic hydroxyl groups excluding tert-OH is 1. The normalized spacial score (nSPS) is 20.4. The van der Waals surface area contributed by atoms with Gasteiger partial charge in [-0.1, -0.05) is 55.5 Å². The smallest absolute Gasteiger partial charge is 0.310 e. The molecule has 4 atom stereocenters. The Morgan fingerprint density at radius 3 is 2.52 bits per heavy atom. The molecule has 0 radical (unpaired) electrons. The fourth-order valence-corrected chi connectivity index (χ4v) is 6.98. The molecule has 2 fully saturated rings. The molecule has 4 aromatic heterocycles. The number of methoxy groups -OCH3 is 1. The maximum Gasteiger partial charge on any atom is 0.310 e. The van der Waals surface area contributed by atoms with Gasteiger partial charge in [-0.3, -0.25) is 9.36 Å². The minimum absolute atomic E-state index is 0.148. The number of ether oxygens (including phenoxy) is 5. The van der Waals surface area contributed by atoms with Crippen molar-refractivity contribution >= 4 is 36.8 Å². The van der Waals surface area contributed by atoms with E-state index in [0.29, 0.717) is 40.3 Å². The van der Waals surface area contributed by atoms with Gasteiger partial charge in [0.05, 0.1) is 49.2 Å². The Morgan fingerprint density at radius 1 is 1.02 bits per heavy atom. The molecule has 0 aliphatic carbocycles. The summed E-state index contributed by atoms with van der Waals surface area (Å²) in [6.07, 6.45) is 3.37. The van der Waals surface area contributed by atoms with Crippen LogP contribution in [0.15, 0.2) is 61.1 Å². The second-order valence-corrected chi connectivity index (χ2v) is 19.7. The van der Waals surface area contributed by atoms with Gasteiger partial charge in [0.15, 0.2) is 17.6 Å². The van der Waals surface area contributed by atoms with E-state index in [1.165, 1.54) is 7.11 Å². The first kappa shape index (κ1) is 34.3. The third-order valence-corrected chi connectivity index (χ3v) is 10.8. The van der Waals surface area contributed by atoms with Crippen LogP contribution in [0.5, 0.6) is 6.01 Å². The largest absolute Gasteiger partial charge is 0.469 e. The molecule has 5 aromatic rings. The Labute approximate surface area is 295 Å². The van der Waals surface area contributed by atoms with Crippen molar-refractivity contribution in [3.8, 4) is 34.2 Å². The number of halogens is 1. The maximum atomic E-state index is 11.6. The predicted molar refractivity (Wildman–Crippen MR) is 188 cm³/mol. The summed E-state index contributed by atoms with van der Waals surface area (Å²) in [7, 11) is 0.0695. The second-order valence-electron chi connectivity index (χ2n) is 13.7. The first-order valence-corrected chi connectivity index (χ1v) is 20.5. The van der Waals surface area contributed by atoms with Gasteiger partial charge in [0, 0.05) is 43.8 Å². The average molecular weight is 719 g/mol. The number of imidazole rings is 1. The molecule has 262 valence electrons. The van der Waals surface area contributed by atoms with Gasteiger partial charge >= 0.3 is 12.0 Å². The molecule has 2 saturated heterocycles. The molecule has 0 bridgehead atoms. The van der Waals surface area contributed by atoms with Crippen LogP contribution in [0.1, 0.15) is 5.56 Å². The molecule has 2 aliphatic heterocycles. The zero-order chi connectivity index (χ0) is 35.0. The van der Waals surface area contributed by atoms with Crippen LogP contribution in [0.4, 0.5) is 0 Å². The van der Waals surface area contributed by atoms with E-state index in [9.17, 15) is 9.90 Å². The minimum Gasteiger partial charge on any atom is -0.469 e. The van der Waals surface area contributed by atoms with Gasteiger partial charge in [-0.15, -0.1) is 0 Å². The van der Waals surface area contributed by atoms with Crippen LogP contribution in [0.3, 0.4) is 0 Å². The van der Waals surface area contributed by atoms with E-state index in [4.69, 9.17) is 45.3 Å². The third-order valence-electron chi connectivity index (χ3n) is 8.80. The van der Waals surface area contributed by atoms with Gasteiger partial charge in [0.25, 0.3) is 0 Å². The number of nitrogens with zero attached hydrogens (tertiary/aromatic N) is 6. The molecular formula is C35H39ClN6O7Si. The van der Waals surface area contributed by atoms with Crippen LogP contribution in [-0.4, -0.2) is 99.8 Å². The summed E-state index contributed by atoms with van der Waals surface area (Å²) in [5, 5.41) is 15.0. The summed E-state index contributed by atoms with van der Waals surface area (Å²) < 4.78 is 32.2. The molecule has 1 N–H and O–H groups in total. The maximum absolute atomic E-state index is 11.6. The number of hydrogen-bond acceptors (Lipinski definition) is 11. The molecule has 0 spiro atoms. The van der Waals surface area contributed by atoms with E-state index in [1.54, 1.807) is 23.3 Å². The molecule has 1 aromatic carbocycles. The van der Waals surface area contributed by atoms with E-state index >= 15 is 0 Å². The lowest BCUT2D eigenvalue weighted by Gasteiger charge is -2.19. The number of fused-ring (bicyclic) bond motifs is 2. The van der Waals surface area contributed by atoms with Gasteiger partial charge in [0.1, 0.15) is 25.0 Å². The topological polar surface area (TPSA) is 145 Å². The number of rotatable bonds is 12. The van der Waals surface area contributed by atoms with Crippen molar-refractivity contribution in [2.24, 2.45) is 0 Å². The van der Waals surface area contributed by atoms with Gasteiger partial charge in [-0.05, 0) is 29.8 Å². The molecule has 0 amide bonds. The molecule has 0 unspecified atom stereocenters. The summed E-state index contributed by atoms with van der Waals surface area (Å²) in [4.78, 5) is 25.8. The highest BCUT2D eigenvalue weighted by atomic mass is 35.5. The molecule has 7 rings (SSSR count). The Morgan fingerprint density at radius 2 is 1.78 bits per heavy atom. The summed E-state index contributed by atoms with van der Waals surface area (Å²) >= 11 is 6.88. The van der Waals surface area contributed by atoms with Crippen LogP contribution in [0.2, 0.25) is 30.7 Å². The fraction of sp³-hybridized carbons (Fsp3) is 0.400. The second kappa shape index (κ2) is 14.2. The lowest BCUT2D eigenvalue weighted by atomic mass is 10.0. The zero-order valence-corrected chi connectivity index (χ0v) is 30.0. The van der Waals surface area contributed by atoms with Crippen molar-refractivity contribution < 1.29 is 33.6 Å². The number of hydrogen-bond donors (Lipinski definition) is 1. The van der Waals surface area contributed by atoms with Gasteiger partial charge in [0.2, 0.25) is 0 Å². The number of esters is 1. The number of carbonyl (C=O) groups is 1. The number of aliphatic hydroxyl groups is 1. The zero-order valence-electron chi connectivity index (χ0n) is 28.3. The number of benzene rings is 1. The highest BCUT2D eigenvalue weighted by Gasteiger charge is 2.49. The van der Waals surface area contributed by atoms with Crippen molar-refractivity contribution in [1.29, 1.82) is 0 Å². The van der Waals surface area contributed by atoms with Crippen molar-refractivity contribution in [3.63, 3.8) is 0 Å². The van der Waals surface area contributed by atoms with Gasteiger partial charge < -0.3 is 28.8 Å². The molecule has 6 heterocycles. The molecule has 13 nitrogen and oxygen atoms in total. The van der Waals surface area contributed by atoms with Crippen LogP contribution in [0.25, 0.3) is 39.4 Å². The Bertz CT molecular complexity index is 1980. The van der Waals surface area contributed by atoms with Crippen molar-refractivity contribution in [1.82, 2.24) is 29.3 Å². The number of pyridine rings is 2. The highest BCUT2D eigenvalue weighted by Crippen LogP contribution is 2.35. The summed E-state index contributed by atoms with van der Waals surface area (Å²) in [5.74, 6) is 0.303. The molecular weight excluding hydrogens is 680 g/mol. The average Bonchev–Trinajstić information content (AvgIpc) is 3.89. The molecule has 15 heteroatoms. The quantitative estimate of drug-likeness (QED) is 0.106. The Kier molecular flexibility index (Phi) is 9.74. The summed E-state index contributed by atoms with van der Waals surface area (Å²) in [6.45, 7) is 8.24. The third kappa shape index (κ3) is 7.31. The Hall–Kier alpha value is -4.18. The lowest BCUT2D eigenvalue weighted by molar-refractivity contribution is -0.139. The van der Waals surface area contributed by atoms with Crippen LogP contribution in [0, 0.1) is 0 Å². The van der Waals surface area contributed by atoms with E-state index in [-0.39, 0.29) is 38.4 Å². The van der Waals surface area contributed by atoms with Gasteiger partial charge in [-0.2, -0.15) is 10.1 Å². The molecule has 0 saturated carbocycles. The standard InChI is InChI=1S/C35H39ClN6O7Si/c1-45-30(44)13-21-15-38-42(17-21)29-10-9-24(16-37-29)22-5-7-23(8-6-22)31-25(36)14-26-34(39-31)40-35(41(26)20-46-11-12-50(2,3)4)49-28-19-48-32-27(43)18-47-33(28)32/h5-10,14-17,27-28,32-33,43H,11-13,18-20H2,1-4H3/t27-,28-,32-,33-/m1/s1. The number of carbonyl (C=O) groups excluding carboxylic acids is 1. The first-order chi connectivity index (χ1) is 24.1. The lowest BCUT2D eigenvalue weighted by Crippen LogP contribution is -2.35. The predicted octanol–water partition coefficient (Wildman–Crippen LogP) is 4.93. The van der Waals surface area contributed by atoms with Crippen molar-refractivity contribution in [2.45, 2.75) is 63.3 Å². The fourth-order valence-electron chi connectivity index (χ4n) is 5.96. The van der Waals surface area contributed by atoms with Crippen LogP contribution < -0.4 is 4.74 Å². The van der Waals surface area contributed by atoms with Gasteiger partial charge in [-0.25, -0.2) is 14.6 Å². The van der Waals surface area contributed by atoms with Crippen LogP contribution >= 0.6 is 11.6 Å². The monoisotopic (exact) mass is 718 g/mol. The van der Waals surface area contributed by atoms with Crippen molar-refractivity contribution in [2.75, 3.05) is 26.9 Å². The first-order valence-electron chi connectivity index (χ1n) is 16.5. The van der Waals surface area contributed by atoms with Crippen molar-refractivity contribution in [3.05, 3.63) is 71.6 Å². The molecule has 50 heavy (non-hydrogen) atoms. The van der Waals surface area contributed by atoms with E-state index in [2.05, 4.69) is 29.7 Å². The van der Waals surface area contributed by atoms with E-state index in [1.807, 2.05) is 47.0 Å². The van der Waals surface area contributed by atoms with E-state index < -0.39 is 26.4 Å². The van der Waals surface area contributed by atoms with Crippen LogP contribution in [-0.2, 0) is 36.9 Å². The molecule has 2 aliphatic rings. The SMILES string of the molecule is COC(=O)Cc1cnn(-c2ccc(-c3ccc(-c4nc5nc(O[C@@H]6CO[C@H]7[C@@H]6OC[C@H]7O)n(COCC[Si](C)(C)C)c5cc4Cl)cc3)cn2)c1. The Balaban J connectivity index is 1.11. The summed E-state index contributed by atoms with van der Waals surface area (Å²) in [5.41, 5.74) is 5.18. The number of aromatic nitrogens is 6.